The number of aliphatic carboxylic acids is 1. The average Bonchev–Trinajstić information content (AvgIpc) is 2.92. The Morgan fingerprint density at radius 2 is 2.09 bits per heavy atom. The maximum atomic E-state index is 10.7. The van der Waals surface area contributed by atoms with Gasteiger partial charge >= 0.3 is 0 Å². The first kappa shape index (κ1) is 15.0. The molecule has 0 radical (unpaired) electrons. The van der Waals surface area contributed by atoms with Crippen LogP contribution in [0, 0.1) is 13.8 Å². The van der Waals surface area contributed by atoms with E-state index in [-0.39, 0.29) is 5.75 Å². The molecule has 0 aliphatic carbocycles. The van der Waals surface area contributed by atoms with Crippen LogP contribution in [-0.4, -0.2) is 21.7 Å². The Hall–Kier alpha value is -1.92. The number of aromatic nitrogens is 2. The van der Waals surface area contributed by atoms with Crippen molar-refractivity contribution in [2.45, 2.75) is 18.9 Å². The summed E-state index contributed by atoms with van der Waals surface area (Å²) in [7, 11) is 0. The number of benzene rings is 1. The van der Waals surface area contributed by atoms with Crippen molar-refractivity contribution in [2.75, 3.05) is 5.75 Å². The van der Waals surface area contributed by atoms with E-state index in [0.29, 0.717) is 5.03 Å². The number of carboxylic acids is 1. The molecule has 2 aromatic heterocycles. The highest BCUT2D eigenvalue weighted by molar-refractivity contribution is 8.00. The van der Waals surface area contributed by atoms with Crippen LogP contribution in [0.1, 0.15) is 11.1 Å². The van der Waals surface area contributed by atoms with Gasteiger partial charge in [0.15, 0.2) is 0 Å². The number of fused-ring (bicyclic) bond motifs is 1. The Balaban J connectivity index is 2.13. The van der Waals surface area contributed by atoms with Gasteiger partial charge in [-0.1, -0.05) is 30.0 Å². The molecule has 0 N–H and O–H groups in total. The maximum Gasteiger partial charge on any atom is 0.128 e. The lowest BCUT2D eigenvalue weighted by atomic mass is 10.0. The molecule has 0 saturated carbocycles. The standard InChI is InChI=1S/C16H14N2O2S2/c1-9-3-4-11(5-10(9)2)12-6-21-15-14(12)16(18-8-17-15)22-7-13(19)20/h3-6,8H,7H2,1-2H3,(H,19,20)/p-1. The minimum Gasteiger partial charge on any atom is -0.549 e. The van der Waals surface area contributed by atoms with Gasteiger partial charge in [0.1, 0.15) is 16.2 Å². The highest BCUT2D eigenvalue weighted by Gasteiger charge is 2.13. The van der Waals surface area contributed by atoms with Crippen molar-refractivity contribution in [3.8, 4) is 11.1 Å². The molecule has 1 aromatic carbocycles. The molecule has 0 saturated heterocycles. The molecule has 0 fully saturated rings. The first-order chi connectivity index (χ1) is 10.6. The van der Waals surface area contributed by atoms with E-state index < -0.39 is 5.97 Å². The lowest BCUT2D eigenvalue weighted by molar-refractivity contribution is -0.301. The molecule has 0 atom stereocenters. The summed E-state index contributed by atoms with van der Waals surface area (Å²) in [5.41, 5.74) is 4.60. The minimum atomic E-state index is -1.10. The topological polar surface area (TPSA) is 65.9 Å². The summed E-state index contributed by atoms with van der Waals surface area (Å²) >= 11 is 2.71. The lowest BCUT2D eigenvalue weighted by Crippen LogP contribution is -2.24. The van der Waals surface area contributed by atoms with E-state index in [1.54, 1.807) is 0 Å². The van der Waals surface area contributed by atoms with Gasteiger partial charge in [-0.15, -0.1) is 11.3 Å². The first-order valence-corrected chi connectivity index (χ1v) is 8.55. The summed E-state index contributed by atoms with van der Waals surface area (Å²) in [6, 6.07) is 6.30. The van der Waals surface area contributed by atoms with Crippen LogP contribution in [0.3, 0.4) is 0 Å². The smallest absolute Gasteiger partial charge is 0.128 e. The summed E-state index contributed by atoms with van der Waals surface area (Å²) in [6.45, 7) is 4.16. The van der Waals surface area contributed by atoms with Crippen molar-refractivity contribution < 1.29 is 9.90 Å². The summed E-state index contributed by atoms with van der Waals surface area (Å²) in [4.78, 5) is 20.1. The molecule has 4 nitrogen and oxygen atoms in total. The third-order valence-electron chi connectivity index (χ3n) is 3.48. The van der Waals surface area contributed by atoms with Crippen LogP contribution in [-0.2, 0) is 4.79 Å². The molecule has 0 amide bonds. The number of thiophene rings is 1. The largest absolute Gasteiger partial charge is 0.549 e. The number of nitrogens with zero attached hydrogens (tertiary/aromatic N) is 2. The third kappa shape index (κ3) is 2.84. The normalized spacial score (nSPS) is 11.0. The summed E-state index contributed by atoms with van der Waals surface area (Å²) in [5.74, 6) is -1.21. The molecule has 3 rings (SSSR count). The Morgan fingerprint density at radius 1 is 1.27 bits per heavy atom. The molecule has 2 heterocycles. The van der Waals surface area contributed by atoms with E-state index in [1.807, 2.05) is 5.38 Å². The van der Waals surface area contributed by atoms with Crippen molar-refractivity contribution >= 4 is 39.3 Å². The molecule has 6 heteroatoms. The zero-order chi connectivity index (χ0) is 15.7. The van der Waals surface area contributed by atoms with Crippen LogP contribution >= 0.6 is 23.1 Å². The second kappa shape index (κ2) is 6.06. The summed E-state index contributed by atoms with van der Waals surface area (Å²) in [5, 5.41) is 14.4. The second-order valence-electron chi connectivity index (χ2n) is 4.97. The van der Waals surface area contributed by atoms with Crippen molar-refractivity contribution in [3.05, 3.63) is 41.0 Å². The fourth-order valence-electron chi connectivity index (χ4n) is 2.21. The highest BCUT2D eigenvalue weighted by Crippen LogP contribution is 2.38. The molecule has 22 heavy (non-hydrogen) atoms. The average molecular weight is 329 g/mol. The predicted octanol–water partition coefficient (Wildman–Crippen LogP) is 2.82. The predicted molar refractivity (Wildman–Crippen MR) is 88.1 cm³/mol. The van der Waals surface area contributed by atoms with Gasteiger partial charge in [-0.05, 0) is 30.5 Å². The van der Waals surface area contributed by atoms with E-state index in [2.05, 4.69) is 42.0 Å². The molecule has 0 spiro atoms. The molecule has 3 aromatic rings. The first-order valence-electron chi connectivity index (χ1n) is 6.68. The maximum absolute atomic E-state index is 10.7. The number of aryl methyl sites for hydroxylation is 2. The third-order valence-corrected chi connectivity index (χ3v) is 5.33. The Morgan fingerprint density at radius 3 is 2.82 bits per heavy atom. The minimum absolute atomic E-state index is 0.117. The Kier molecular flexibility index (Phi) is 4.13. The summed E-state index contributed by atoms with van der Waals surface area (Å²) in [6.07, 6.45) is 1.47. The molecule has 112 valence electrons. The van der Waals surface area contributed by atoms with Gasteiger partial charge in [-0.3, -0.25) is 0 Å². The van der Waals surface area contributed by atoms with E-state index in [4.69, 9.17) is 0 Å². The monoisotopic (exact) mass is 329 g/mol. The lowest BCUT2D eigenvalue weighted by Gasteiger charge is -2.07. The van der Waals surface area contributed by atoms with Crippen molar-refractivity contribution in [1.82, 2.24) is 9.97 Å². The number of carboxylic acid groups (broad SMARTS) is 1. The molecule has 0 aliphatic heterocycles. The van der Waals surface area contributed by atoms with Gasteiger partial charge in [-0.2, -0.15) is 0 Å². The van der Waals surface area contributed by atoms with Crippen molar-refractivity contribution in [3.63, 3.8) is 0 Å². The fraction of sp³-hybridized carbons (Fsp3) is 0.188. The zero-order valence-electron chi connectivity index (χ0n) is 12.1. The van der Waals surface area contributed by atoms with Gasteiger partial charge < -0.3 is 9.90 Å². The van der Waals surface area contributed by atoms with Gasteiger partial charge in [0.2, 0.25) is 0 Å². The quantitative estimate of drug-likeness (QED) is 0.544. The summed E-state index contributed by atoms with van der Waals surface area (Å²) < 4.78 is 0. The fourth-order valence-corrected chi connectivity index (χ4v) is 3.91. The molecular weight excluding hydrogens is 316 g/mol. The van der Waals surface area contributed by atoms with E-state index in [1.165, 1.54) is 40.6 Å². The van der Waals surface area contributed by atoms with E-state index >= 15 is 0 Å². The Labute approximate surface area is 136 Å². The van der Waals surface area contributed by atoms with Crippen LogP contribution in [0.4, 0.5) is 0 Å². The van der Waals surface area contributed by atoms with Gasteiger partial charge in [0.05, 0.1) is 11.4 Å². The molecule has 0 unspecified atom stereocenters. The Bertz CT molecular complexity index is 858. The molecule has 0 aliphatic rings. The van der Waals surface area contributed by atoms with Crippen molar-refractivity contribution in [2.24, 2.45) is 0 Å². The van der Waals surface area contributed by atoms with Crippen LogP contribution in [0.15, 0.2) is 34.9 Å². The highest BCUT2D eigenvalue weighted by atomic mass is 32.2. The van der Waals surface area contributed by atoms with Crippen LogP contribution < -0.4 is 5.11 Å². The number of rotatable bonds is 4. The van der Waals surface area contributed by atoms with Crippen LogP contribution in [0.5, 0.6) is 0 Å². The van der Waals surface area contributed by atoms with Gasteiger partial charge in [-0.25, -0.2) is 9.97 Å². The number of hydrogen-bond acceptors (Lipinski definition) is 6. The number of thioether (sulfide) groups is 1. The van der Waals surface area contributed by atoms with E-state index in [9.17, 15) is 9.90 Å². The number of carbonyl (C=O) groups excluding carboxylic acids is 1. The number of hydrogen-bond donors (Lipinski definition) is 0. The molecule has 0 bridgehead atoms. The molecular formula is C16H13N2O2S2-. The SMILES string of the molecule is Cc1ccc(-c2csc3ncnc(SCC(=O)[O-])c23)cc1C. The number of carbonyl (C=O) groups is 1. The van der Waals surface area contributed by atoms with Crippen molar-refractivity contribution in [1.29, 1.82) is 0 Å². The van der Waals surface area contributed by atoms with Crippen LogP contribution in [0.25, 0.3) is 21.3 Å². The van der Waals surface area contributed by atoms with E-state index in [0.717, 1.165) is 21.3 Å². The zero-order valence-corrected chi connectivity index (χ0v) is 13.8. The van der Waals surface area contributed by atoms with Gasteiger partial charge in [0, 0.05) is 16.7 Å². The van der Waals surface area contributed by atoms with Gasteiger partial charge in [0.25, 0.3) is 0 Å². The van der Waals surface area contributed by atoms with Crippen LogP contribution in [0.2, 0.25) is 0 Å². The second-order valence-corrected chi connectivity index (χ2v) is 6.79.